The van der Waals surface area contributed by atoms with Crippen LogP contribution in [0, 0.1) is 5.82 Å². The van der Waals surface area contributed by atoms with Crippen LogP contribution >= 0.6 is 0 Å². The highest BCUT2D eigenvalue weighted by Crippen LogP contribution is 2.33. The van der Waals surface area contributed by atoms with Crippen LogP contribution in [0.3, 0.4) is 0 Å². The van der Waals surface area contributed by atoms with E-state index in [0.29, 0.717) is 22.8 Å². The molecule has 0 radical (unpaired) electrons. The fourth-order valence-electron chi connectivity index (χ4n) is 3.88. The lowest BCUT2D eigenvalue weighted by Gasteiger charge is -2.23. The Kier molecular flexibility index (Phi) is 5.21. The molecule has 0 bridgehead atoms. The van der Waals surface area contributed by atoms with Gasteiger partial charge in [-0.15, -0.1) is 0 Å². The number of H-pyrrole nitrogens is 1. The van der Waals surface area contributed by atoms with Gasteiger partial charge in [0.1, 0.15) is 17.5 Å². The van der Waals surface area contributed by atoms with Crippen molar-refractivity contribution in [2.24, 2.45) is 0 Å². The van der Waals surface area contributed by atoms with Crippen LogP contribution in [0.2, 0.25) is 0 Å². The molecule has 0 saturated carbocycles. The van der Waals surface area contributed by atoms with Crippen molar-refractivity contribution >= 4 is 10.9 Å². The first-order valence-electron chi connectivity index (χ1n) is 10.2. The quantitative estimate of drug-likeness (QED) is 0.509. The number of piperidine rings is 1. The van der Waals surface area contributed by atoms with E-state index >= 15 is 0 Å². The second-order valence-corrected chi connectivity index (χ2v) is 7.48. The second-order valence-electron chi connectivity index (χ2n) is 7.48. The van der Waals surface area contributed by atoms with Crippen molar-refractivity contribution in [3.05, 3.63) is 54.6 Å². The van der Waals surface area contributed by atoms with Crippen molar-refractivity contribution in [2.75, 3.05) is 20.2 Å². The van der Waals surface area contributed by atoms with Gasteiger partial charge in [0.25, 0.3) is 0 Å². The summed E-state index contributed by atoms with van der Waals surface area (Å²) >= 11 is 0. The maximum atomic E-state index is 14.8. The fourth-order valence-corrected chi connectivity index (χ4v) is 3.88. The Hall–Kier alpha value is -3.52. The fraction of sp³-hybridized carbons (Fsp3) is 0.261. The van der Waals surface area contributed by atoms with Crippen molar-refractivity contribution in [1.82, 2.24) is 25.5 Å². The minimum atomic E-state index is -0.398. The summed E-state index contributed by atoms with van der Waals surface area (Å²) < 4.78 is 25.9. The Morgan fingerprint density at radius 1 is 1.16 bits per heavy atom. The number of aromatic nitrogens is 4. The van der Waals surface area contributed by atoms with Crippen LogP contribution in [0.1, 0.15) is 12.8 Å². The molecule has 158 valence electrons. The summed E-state index contributed by atoms with van der Waals surface area (Å²) in [6.45, 7) is 1.81. The first-order valence-corrected chi connectivity index (χ1v) is 10.2. The van der Waals surface area contributed by atoms with E-state index in [4.69, 9.17) is 9.47 Å². The average Bonchev–Trinajstić information content (AvgIpc) is 3.23. The lowest BCUT2D eigenvalue weighted by molar-refractivity contribution is 0.160. The zero-order chi connectivity index (χ0) is 21.2. The SMILES string of the molecule is COc1cccc(-c2ccc3[nH]nc(-c4cncc(O[C@@H]5CCCNC5)n4)c3c2)c1F. The molecular weight excluding hydrogens is 397 g/mol. The number of nitrogens with one attached hydrogen (secondary N) is 2. The van der Waals surface area contributed by atoms with Crippen molar-refractivity contribution in [3.8, 4) is 34.1 Å². The van der Waals surface area contributed by atoms with E-state index < -0.39 is 5.82 Å². The summed E-state index contributed by atoms with van der Waals surface area (Å²) in [7, 11) is 1.46. The van der Waals surface area contributed by atoms with Crippen LogP contribution in [0.5, 0.6) is 11.6 Å². The van der Waals surface area contributed by atoms with Gasteiger partial charge in [-0.25, -0.2) is 9.37 Å². The van der Waals surface area contributed by atoms with E-state index in [1.165, 1.54) is 7.11 Å². The first kappa shape index (κ1) is 19.4. The molecule has 0 amide bonds. The number of halogens is 1. The van der Waals surface area contributed by atoms with Crippen LogP contribution in [0.25, 0.3) is 33.4 Å². The molecule has 1 aliphatic rings. The number of aromatic amines is 1. The average molecular weight is 419 g/mol. The molecule has 0 aliphatic carbocycles. The number of hydrogen-bond donors (Lipinski definition) is 2. The van der Waals surface area contributed by atoms with Gasteiger partial charge in [0.05, 0.1) is 25.0 Å². The minimum Gasteiger partial charge on any atom is -0.494 e. The number of nitrogens with zero attached hydrogens (tertiary/aromatic N) is 3. The van der Waals surface area contributed by atoms with Gasteiger partial charge in [0.15, 0.2) is 11.6 Å². The highest BCUT2D eigenvalue weighted by molar-refractivity contribution is 5.95. The summed E-state index contributed by atoms with van der Waals surface area (Å²) in [5, 5.41) is 11.6. The van der Waals surface area contributed by atoms with Gasteiger partial charge in [-0.1, -0.05) is 18.2 Å². The van der Waals surface area contributed by atoms with Crippen LogP contribution in [-0.4, -0.2) is 46.5 Å². The smallest absolute Gasteiger partial charge is 0.233 e. The number of hydrogen-bond acceptors (Lipinski definition) is 6. The van der Waals surface area contributed by atoms with Gasteiger partial charge >= 0.3 is 0 Å². The van der Waals surface area contributed by atoms with E-state index in [-0.39, 0.29) is 11.9 Å². The predicted molar refractivity (Wildman–Crippen MR) is 116 cm³/mol. The molecule has 1 saturated heterocycles. The summed E-state index contributed by atoms with van der Waals surface area (Å²) in [6.07, 6.45) is 5.41. The van der Waals surface area contributed by atoms with Gasteiger partial charge < -0.3 is 14.8 Å². The molecule has 4 aromatic rings. The van der Waals surface area contributed by atoms with Crippen LogP contribution in [0.15, 0.2) is 48.8 Å². The normalized spacial score (nSPS) is 16.4. The van der Waals surface area contributed by atoms with E-state index in [9.17, 15) is 4.39 Å². The zero-order valence-electron chi connectivity index (χ0n) is 17.1. The summed E-state index contributed by atoms with van der Waals surface area (Å²) in [4.78, 5) is 8.91. The Balaban J connectivity index is 1.51. The highest BCUT2D eigenvalue weighted by atomic mass is 19.1. The van der Waals surface area contributed by atoms with Gasteiger partial charge in [0, 0.05) is 17.5 Å². The molecule has 2 aromatic heterocycles. The molecule has 2 aromatic carbocycles. The van der Waals surface area contributed by atoms with Crippen LogP contribution < -0.4 is 14.8 Å². The Labute approximate surface area is 178 Å². The van der Waals surface area contributed by atoms with Crippen molar-refractivity contribution < 1.29 is 13.9 Å². The predicted octanol–water partition coefficient (Wildman–Crippen LogP) is 3.97. The monoisotopic (exact) mass is 419 g/mol. The topological polar surface area (TPSA) is 85.0 Å². The summed E-state index contributed by atoms with van der Waals surface area (Å²) in [5.41, 5.74) is 3.24. The maximum Gasteiger partial charge on any atom is 0.233 e. The molecule has 3 heterocycles. The number of benzene rings is 2. The number of rotatable bonds is 5. The molecule has 1 atom stereocenters. The third-order valence-corrected chi connectivity index (χ3v) is 5.45. The zero-order valence-corrected chi connectivity index (χ0v) is 17.1. The van der Waals surface area contributed by atoms with E-state index in [1.807, 2.05) is 18.2 Å². The van der Waals surface area contributed by atoms with Crippen molar-refractivity contribution in [1.29, 1.82) is 0 Å². The number of ether oxygens (including phenoxy) is 2. The number of methoxy groups -OCH3 is 1. The summed E-state index contributed by atoms with van der Waals surface area (Å²) in [5.74, 6) is 0.279. The van der Waals surface area contributed by atoms with Crippen molar-refractivity contribution in [3.63, 3.8) is 0 Å². The Bertz CT molecular complexity index is 1220. The van der Waals surface area contributed by atoms with Gasteiger partial charge in [-0.05, 0) is 43.1 Å². The second kappa shape index (κ2) is 8.31. The van der Waals surface area contributed by atoms with Crippen LogP contribution in [0.4, 0.5) is 4.39 Å². The van der Waals surface area contributed by atoms with Gasteiger partial charge in [-0.2, -0.15) is 5.10 Å². The van der Waals surface area contributed by atoms with Gasteiger partial charge in [-0.3, -0.25) is 10.1 Å². The standard InChI is InChI=1S/C23H22FN5O2/c1-30-20-6-2-5-16(22(20)24)14-7-8-18-17(10-14)23(29-28-18)19-12-26-13-21(27-19)31-15-4-3-9-25-11-15/h2,5-8,10,12-13,15,25H,3-4,9,11H2,1H3,(H,28,29)/t15-/m1/s1. The molecule has 1 aliphatic heterocycles. The molecule has 0 spiro atoms. The Morgan fingerprint density at radius 3 is 2.94 bits per heavy atom. The van der Waals surface area contributed by atoms with E-state index in [0.717, 1.165) is 42.4 Å². The molecule has 8 heteroatoms. The molecule has 0 unspecified atom stereocenters. The molecule has 5 rings (SSSR count). The Morgan fingerprint density at radius 2 is 2.10 bits per heavy atom. The number of fused-ring (bicyclic) bond motifs is 1. The molecular formula is C23H22FN5O2. The van der Waals surface area contributed by atoms with E-state index in [1.54, 1.807) is 30.6 Å². The largest absolute Gasteiger partial charge is 0.494 e. The summed E-state index contributed by atoms with van der Waals surface area (Å²) in [6, 6.07) is 10.7. The molecule has 1 fully saturated rings. The van der Waals surface area contributed by atoms with Crippen LogP contribution in [-0.2, 0) is 0 Å². The van der Waals surface area contributed by atoms with E-state index in [2.05, 4.69) is 25.5 Å². The van der Waals surface area contributed by atoms with Crippen molar-refractivity contribution in [2.45, 2.75) is 18.9 Å². The lowest BCUT2D eigenvalue weighted by atomic mass is 10.0. The minimum absolute atomic E-state index is 0.0804. The maximum absolute atomic E-state index is 14.8. The highest BCUT2D eigenvalue weighted by Gasteiger charge is 2.18. The third kappa shape index (κ3) is 3.82. The molecule has 2 N–H and O–H groups in total. The molecule has 7 nitrogen and oxygen atoms in total. The molecule has 31 heavy (non-hydrogen) atoms. The lowest BCUT2D eigenvalue weighted by Crippen LogP contribution is -2.37. The first-order chi connectivity index (χ1) is 15.2. The van der Waals surface area contributed by atoms with Gasteiger partial charge in [0.2, 0.25) is 5.88 Å². The third-order valence-electron chi connectivity index (χ3n) is 5.45.